The predicted octanol–water partition coefficient (Wildman–Crippen LogP) is 4.32. The van der Waals surface area contributed by atoms with Gasteiger partial charge in [-0.25, -0.2) is 0 Å². The molecule has 2 N–H and O–H groups in total. The van der Waals surface area contributed by atoms with Gasteiger partial charge in [-0.15, -0.1) is 0 Å². The summed E-state index contributed by atoms with van der Waals surface area (Å²) in [5.41, 5.74) is 11.6. The van der Waals surface area contributed by atoms with Gasteiger partial charge in [-0.1, -0.05) is 41.5 Å². The molecule has 0 aromatic heterocycles. The Morgan fingerprint density at radius 2 is 1.62 bits per heavy atom. The van der Waals surface area contributed by atoms with E-state index >= 15 is 0 Å². The van der Waals surface area contributed by atoms with Crippen molar-refractivity contribution in [3.63, 3.8) is 0 Å². The highest BCUT2D eigenvalue weighted by Gasteiger charge is 2.05. The van der Waals surface area contributed by atoms with Gasteiger partial charge >= 0.3 is 0 Å². The smallest absolute Gasteiger partial charge is 0.0538 e. The summed E-state index contributed by atoms with van der Waals surface area (Å²) >= 11 is 3.46. The zero-order chi connectivity index (χ0) is 11.7. The number of aryl methyl sites for hydroxylation is 2. The van der Waals surface area contributed by atoms with Crippen LogP contribution in [0.2, 0.25) is 0 Å². The third kappa shape index (κ3) is 2.12. The fraction of sp³-hybridized carbons (Fsp3) is 0.143. The highest BCUT2D eigenvalue weighted by atomic mass is 79.9. The average molecular weight is 276 g/mol. The zero-order valence-electron chi connectivity index (χ0n) is 9.42. The first-order valence-electron chi connectivity index (χ1n) is 5.20. The lowest BCUT2D eigenvalue weighted by Gasteiger charge is -2.09. The topological polar surface area (TPSA) is 26.0 Å². The number of anilines is 1. The fourth-order valence-corrected chi connectivity index (χ4v) is 2.29. The van der Waals surface area contributed by atoms with Crippen molar-refractivity contribution in [2.75, 3.05) is 5.73 Å². The molecule has 0 spiro atoms. The van der Waals surface area contributed by atoms with Crippen LogP contribution >= 0.6 is 15.9 Å². The van der Waals surface area contributed by atoms with E-state index in [9.17, 15) is 0 Å². The molecule has 2 aromatic carbocycles. The molecule has 0 unspecified atom stereocenters. The molecule has 0 heterocycles. The molecule has 0 aliphatic heterocycles. The van der Waals surface area contributed by atoms with E-state index in [1.165, 1.54) is 16.7 Å². The van der Waals surface area contributed by atoms with Gasteiger partial charge < -0.3 is 5.73 Å². The summed E-state index contributed by atoms with van der Waals surface area (Å²) in [5, 5.41) is 0. The van der Waals surface area contributed by atoms with Crippen LogP contribution in [0.4, 0.5) is 5.69 Å². The number of nitrogens with two attached hydrogens (primary N) is 1. The lowest BCUT2D eigenvalue weighted by molar-refractivity contribution is 1.38. The minimum atomic E-state index is 0.799. The van der Waals surface area contributed by atoms with Gasteiger partial charge in [0.1, 0.15) is 0 Å². The predicted molar refractivity (Wildman–Crippen MR) is 73.5 cm³/mol. The minimum Gasteiger partial charge on any atom is -0.397 e. The van der Waals surface area contributed by atoms with Crippen LogP contribution in [0.25, 0.3) is 11.1 Å². The Morgan fingerprint density at radius 3 is 2.25 bits per heavy atom. The SMILES string of the molecule is Cc1cc(C)cc(-c2cccc(Br)c2N)c1. The second kappa shape index (κ2) is 4.30. The van der Waals surface area contributed by atoms with Crippen molar-refractivity contribution in [3.05, 3.63) is 52.0 Å². The summed E-state index contributed by atoms with van der Waals surface area (Å²) < 4.78 is 0.948. The monoisotopic (exact) mass is 275 g/mol. The number of nitrogen functional groups attached to an aromatic ring is 1. The number of rotatable bonds is 1. The van der Waals surface area contributed by atoms with E-state index in [-0.39, 0.29) is 0 Å². The van der Waals surface area contributed by atoms with E-state index in [1.807, 2.05) is 18.2 Å². The molecular weight excluding hydrogens is 262 g/mol. The first kappa shape index (κ1) is 11.2. The van der Waals surface area contributed by atoms with Gasteiger partial charge in [-0.3, -0.25) is 0 Å². The van der Waals surface area contributed by atoms with Crippen molar-refractivity contribution in [2.45, 2.75) is 13.8 Å². The van der Waals surface area contributed by atoms with Crippen molar-refractivity contribution in [2.24, 2.45) is 0 Å². The second-order valence-corrected chi connectivity index (χ2v) is 4.93. The van der Waals surface area contributed by atoms with Crippen molar-refractivity contribution >= 4 is 21.6 Å². The molecule has 1 nitrogen and oxygen atoms in total. The molecule has 0 bridgehead atoms. The molecule has 2 aromatic rings. The zero-order valence-corrected chi connectivity index (χ0v) is 11.0. The van der Waals surface area contributed by atoms with Crippen LogP contribution in [-0.2, 0) is 0 Å². The minimum absolute atomic E-state index is 0.799. The molecule has 0 atom stereocenters. The molecule has 0 aliphatic rings. The summed E-state index contributed by atoms with van der Waals surface area (Å²) in [6, 6.07) is 12.5. The highest BCUT2D eigenvalue weighted by Crippen LogP contribution is 2.32. The standard InChI is InChI=1S/C14H14BrN/c1-9-6-10(2)8-11(7-9)12-4-3-5-13(15)14(12)16/h3-8H,16H2,1-2H3. The lowest BCUT2D eigenvalue weighted by atomic mass is 9.99. The van der Waals surface area contributed by atoms with Crippen LogP contribution in [0, 0.1) is 13.8 Å². The van der Waals surface area contributed by atoms with Gasteiger partial charge in [-0.05, 0) is 41.4 Å². The number of hydrogen-bond acceptors (Lipinski definition) is 1. The highest BCUT2D eigenvalue weighted by molar-refractivity contribution is 9.10. The van der Waals surface area contributed by atoms with Crippen LogP contribution in [0.15, 0.2) is 40.9 Å². The van der Waals surface area contributed by atoms with E-state index in [2.05, 4.69) is 48.0 Å². The molecule has 2 heteroatoms. The van der Waals surface area contributed by atoms with E-state index in [1.54, 1.807) is 0 Å². The molecule has 0 amide bonds. The molecule has 0 aliphatic carbocycles. The number of para-hydroxylation sites is 1. The quantitative estimate of drug-likeness (QED) is 0.771. The van der Waals surface area contributed by atoms with Gasteiger partial charge in [0.25, 0.3) is 0 Å². The van der Waals surface area contributed by atoms with Crippen molar-refractivity contribution in [1.82, 2.24) is 0 Å². The van der Waals surface area contributed by atoms with E-state index in [0.717, 1.165) is 15.7 Å². The fourth-order valence-electron chi connectivity index (χ4n) is 1.92. The molecule has 0 radical (unpaired) electrons. The van der Waals surface area contributed by atoms with Crippen molar-refractivity contribution < 1.29 is 0 Å². The van der Waals surface area contributed by atoms with Gasteiger partial charge in [-0.2, -0.15) is 0 Å². The van der Waals surface area contributed by atoms with Crippen LogP contribution in [0.5, 0.6) is 0 Å². The Kier molecular flexibility index (Phi) is 3.01. The summed E-state index contributed by atoms with van der Waals surface area (Å²) in [5.74, 6) is 0. The van der Waals surface area contributed by atoms with Crippen molar-refractivity contribution in [3.8, 4) is 11.1 Å². The lowest BCUT2D eigenvalue weighted by Crippen LogP contribution is -1.92. The van der Waals surface area contributed by atoms with Crippen LogP contribution < -0.4 is 5.73 Å². The summed E-state index contributed by atoms with van der Waals surface area (Å²) in [6.45, 7) is 4.20. The Labute approximate surface area is 104 Å². The third-order valence-electron chi connectivity index (χ3n) is 2.59. The number of halogens is 1. The molecule has 82 valence electrons. The van der Waals surface area contributed by atoms with Crippen LogP contribution in [0.1, 0.15) is 11.1 Å². The maximum atomic E-state index is 6.07. The number of benzene rings is 2. The first-order valence-corrected chi connectivity index (χ1v) is 6.00. The van der Waals surface area contributed by atoms with Crippen LogP contribution in [0.3, 0.4) is 0 Å². The van der Waals surface area contributed by atoms with E-state index in [4.69, 9.17) is 5.73 Å². The largest absolute Gasteiger partial charge is 0.397 e. The van der Waals surface area contributed by atoms with Gasteiger partial charge in [0, 0.05) is 10.0 Å². The van der Waals surface area contributed by atoms with Gasteiger partial charge in [0.15, 0.2) is 0 Å². The first-order chi connectivity index (χ1) is 7.58. The van der Waals surface area contributed by atoms with Crippen molar-refractivity contribution in [1.29, 1.82) is 0 Å². The Morgan fingerprint density at radius 1 is 1.00 bits per heavy atom. The summed E-state index contributed by atoms with van der Waals surface area (Å²) in [4.78, 5) is 0. The Hall–Kier alpha value is -1.28. The maximum absolute atomic E-state index is 6.07. The molecule has 0 saturated carbocycles. The van der Waals surface area contributed by atoms with Gasteiger partial charge in [0.05, 0.1) is 5.69 Å². The molecule has 0 fully saturated rings. The van der Waals surface area contributed by atoms with E-state index in [0.29, 0.717) is 0 Å². The third-order valence-corrected chi connectivity index (χ3v) is 3.28. The summed E-state index contributed by atoms with van der Waals surface area (Å²) in [6.07, 6.45) is 0. The summed E-state index contributed by atoms with van der Waals surface area (Å²) in [7, 11) is 0. The second-order valence-electron chi connectivity index (χ2n) is 4.08. The molecule has 0 saturated heterocycles. The maximum Gasteiger partial charge on any atom is 0.0538 e. The normalized spacial score (nSPS) is 10.4. The Balaban J connectivity index is 2.63. The molecule has 16 heavy (non-hydrogen) atoms. The molecule has 2 rings (SSSR count). The number of hydrogen-bond donors (Lipinski definition) is 1. The van der Waals surface area contributed by atoms with E-state index < -0.39 is 0 Å². The molecular formula is C14H14BrN. The Bertz CT molecular complexity index is 512. The van der Waals surface area contributed by atoms with Gasteiger partial charge in [0.2, 0.25) is 0 Å². The van der Waals surface area contributed by atoms with Crippen LogP contribution in [-0.4, -0.2) is 0 Å². The average Bonchev–Trinajstić information content (AvgIpc) is 2.20.